The molecular formula is C21H25FN4O2. The van der Waals surface area contributed by atoms with E-state index in [4.69, 9.17) is 0 Å². The maximum Gasteiger partial charge on any atom is 0.253 e. The van der Waals surface area contributed by atoms with Gasteiger partial charge in [-0.15, -0.1) is 0 Å². The molecule has 7 heteroatoms. The van der Waals surface area contributed by atoms with E-state index in [0.29, 0.717) is 18.7 Å². The van der Waals surface area contributed by atoms with Gasteiger partial charge in [0.25, 0.3) is 5.91 Å². The van der Waals surface area contributed by atoms with Crippen LogP contribution in [0.2, 0.25) is 0 Å². The molecule has 0 aliphatic carbocycles. The lowest BCUT2D eigenvalue weighted by Crippen LogP contribution is -2.48. The minimum Gasteiger partial charge on any atom is -0.338 e. The highest BCUT2D eigenvalue weighted by Crippen LogP contribution is 2.26. The predicted molar refractivity (Wildman–Crippen MR) is 102 cm³/mol. The van der Waals surface area contributed by atoms with Crippen molar-refractivity contribution in [1.29, 1.82) is 0 Å². The quantitative estimate of drug-likeness (QED) is 0.814. The van der Waals surface area contributed by atoms with E-state index in [1.54, 1.807) is 17.4 Å². The molecule has 2 amide bonds. The molecular weight excluding hydrogens is 359 g/mol. The lowest BCUT2D eigenvalue weighted by Gasteiger charge is -2.35. The van der Waals surface area contributed by atoms with Gasteiger partial charge in [0.1, 0.15) is 5.82 Å². The second-order valence-electron chi connectivity index (χ2n) is 7.68. The van der Waals surface area contributed by atoms with Crippen LogP contribution < -0.4 is 0 Å². The molecule has 0 N–H and O–H groups in total. The van der Waals surface area contributed by atoms with Gasteiger partial charge in [-0.1, -0.05) is 0 Å². The van der Waals surface area contributed by atoms with Crippen molar-refractivity contribution in [3.8, 4) is 0 Å². The summed E-state index contributed by atoms with van der Waals surface area (Å²) in [6.07, 6.45) is 9.07. The normalized spacial score (nSPS) is 22.5. The van der Waals surface area contributed by atoms with Crippen molar-refractivity contribution in [1.82, 2.24) is 19.4 Å². The Balaban J connectivity index is 1.41. The number of likely N-dealkylation sites (tertiary alicyclic amines) is 2. The number of rotatable bonds is 4. The molecule has 148 valence electrons. The number of halogens is 1. The fourth-order valence-electron chi connectivity index (χ4n) is 4.33. The standard InChI is InChI=1S/C21H25FN4O2/c22-18-7-5-16(6-8-18)20(27)25-10-1-3-17(13-25)21(28)26-11-2-4-19(26)14-24-12-9-23-15-24/h5-9,12,15,17,19H,1-4,10-11,13-14H2/t17?,19-/m1/s1. The van der Waals surface area contributed by atoms with Crippen LogP contribution in [0.15, 0.2) is 43.0 Å². The van der Waals surface area contributed by atoms with Crippen molar-refractivity contribution in [2.45, 2.75) is 38.3 Å². The van der Waals surface area contributed by atoms with E-state index in [9.17, 15) is 14.0 Å². The summed E-state index contributed by atoms with van der Waals surface area (Å²) in [5, 5.41) is 0. The largest absolute Gasteiger partial charge is 0.338 e. The Hall–Kier alpha value is -2.70. The summed E-state index contributed by atoms with van der Waals surface area (Å²) in [6, 6.07) is 5.79. The van der Waals surface area contributed by atoms with Gasteiger partial charge in [0.15, 0.2) is 0 Å². The molecule has 2 fully saturated rings. The van der Waals surface area contributed by atoms with Crippen molar-refractivity contribution in [2.24, 2.45) is 5.92 Å². The summed E-state index contributed by atoms with van der Waals surface area (Å²) >= 11 is 0. The van der Waals surface area contributed by atoms with Crippen molar-refractivity contribution in [3.63, 3.8) is 0 Å². The van der Waals surface area contributed by atoms with Crippen LogP contribution in [-0.2, 0) is 11.3 Å². The first-order valence-corrected chi connectivity index (χ1v) is 9.93. The average molecular weight is 384 g/mol. The minimum absolute atomic E-state index is 0.131. The molecule has 3 heterocycles. The van der Waals surface area contributed by atoms with E-state index in [2.05, 4.69) is 4.98 Å². The van der Waals surface area contributed by atoms with Crippen LogP contribution in [0.4, 0.5) is 4.39 Å². The van der Waals surface area contributed by atoms with Crippen molar-refractivity contribution in [3.05, 3.63) is 54.4 Å². The topological polar surface area (TPSA) is 58.4 Å². The van der Waals surface area contributed by atoms with Crippen LogP contribution >= 0.6 is 0 Å². The number of imidazole rings is 1. The summed E-state index contributed by atoms with van der Waals surface area (Å²) in [4.78, 5) is 33.8. The highest BCUT2D eigenvalue weighted by molar-refractivity contribution is 5.94. The first-order valence-electron chi connectivity index (χ1n) is 9.93. The summed E-state index contributed by atoms with van der Waals surface area (Å²) in [7, 11) is 0. The Kier molecular flexibility index (Phi) is 5.41. The number of hydrogen-bond donors (Lipinski definition) is 0. The zero-order valence-electron chi connectivity index (χ0n) is 15.8. The van der Waals surface area contributed by atoms with Gasteiger partial charge < -0.3 is 14.4 Å². The first kappa shape index (κ1) is 18.7. The van der Waals surface area contributed by atoms with Gasteiger partial charge in [0.2, 0.25) is 5.91 Å². The molecule has 28 heavy (non-hydrogen) atoms. The third-order valence-electron chi connectivity index (χ3n) is 5.79. The van der Waals surface area contributed by atoms with Gasteiger partial charge in [-0.25, -0.2) is 9.37 Å². The molecule has 2 aliphatic heterocycles. The van der Waals surface area contributed by atoms with Crippen molar-refractivity contribution < 1.29 is 14.0 Å². The second-order valence-corrected chi connectivity index (χ2v) is 7.68. The van der Waals surface area contributed by atoms with Crippen LogP contribution in [0.25, 0.3) is 0 Å². The summed E-state index contributed by atoms with van der Waals surface area (Å²) in [6.45, 7) is 2.61. The number of aromatic nitrogens is 2. The molecule has 0 radical (unpaired) electrons. The number of amides is 2. The van der Waals surface area contributed by atoms with Gasteiger partial charge in [0, 0.05) is 50.2 Å². The summed E-state index contributed by atoms with van der Waals surface area (Å²) < 4.78 is 15.1. The molecule has 4 rings (SSSR count). The van der Waals surface area contributed by atoms with Gasteiger partial charge in [-0.05, 0) is 49.9 Å². The molecule has 1 aromatic carbocycles. The van der Waals surface area contributed by atoms with E-state index in [1.807, 2.05) is 15.7 Å². The Morgan fingerprint density at radius 3 is 2.64 bits per heavy atom. The molecule has 2 saturated heterocycles. The third-order valence-corrected chi connectivity index (χ3v) is 5.79. The molecule has 1 aromatic heterocycles. The Morgan fingerprint density at radius 1 is 1.11 bits per heavy atom. The van der Waals surface area contributed by atoms with Crippen molar-refractivity contribution in [2.75, 3.05) is 19.6 Å². The third kappa shape index (κ3) is 3.93. The zero-order valence-corrected chi connectivity index (χ0v) is 15.8. The monoisotopic (exact) mass is 384 g/mol. The number of hydrogen-bond acceptors (Lipinski definition) is 3. The first-order chi connectivity index (χ1) is 13.6. The highest BCUT2D eigenvalue weighted by Gasteiger charge is 2.36. The Labute approximate surface area is 164 Å². The molecule has 0 spiro atoms. The SMILES string of the molecule is O=C(c1ccc(F)cc1)N1CCCC(C(=O)N2CCC[C@@H]2Cn2ccnc2)C1. The molecule has 2 aliphatic rings. The Bertz CT molecular complexity index is 821. The molecule has 2 aromatic rings. The van der Waals surface area contributed by atoms with Crippen LogP contribution in [0.5, 0.6) is 0 Å². The minimum atomic E-state index is -0.360. The number of carbonyl (C=O) groups is 2. The summed E-state index contributed by atoms with van der Waals surface area (Å²) in [5.41, 5.74) is 0.466. The smallest absolute Gasteiger partial charge is 0.253 e. The van der Waals surface area contributed by atoms with Crippen LogP contribution in [0, 0.1) is 11.7 Å². The lowest BCUT2D eigenvalue weighted by atomic mass is 9.95. The van der Waals surface area contributed by atoms with Crippen LogP contribution in [-0.4, -0.2) is 56.8 Å². The van der Waals surface area contributed by atoms with E-state index in [0.717, 1.165) is 38.8 Å². The average Bonchev–Trinajstić information content (AvgIpc) is 3.40. The van der Waals surface area contributed by atoms with Crippen LogP contribution in [0.3, 0.4) is 0 Å². The van der Waals surface area contributed by atoms with E-state index in [1.165, 1.54) is 24.3 Å². The predicted octanol–water partition coefficient (Wildman–Crippen LogP) is 2.57. The fourth-order valence-corrected chi connectivity index (χ4v) is 4.33. The number of nitrogens with zero attached hydrogens (tertiary/aromatic N) is 4. The molecule has 1 unspecified atom stereocenters. The summed E-state index contributed by atoms with van der Waals surface area (Å²) in [5.74, 6) is -0.504. The van der Waals surface area contributed by atoms with E-state index in [-0.39, 0.29) is 29.6 Å². The van der Waals surface area contributed by atoms with Crippen LogP contribution in [0.1, 0.15) is 36.0 Å². The van der Waals surface area contributed by atoms with Crippen molar-refractivity contribution >= 4 is 11.8 Å². The van der Waals surface area contributed by atoms with E-state index >= 15 is 0 Å². The molecule has 0 saturated carbocycles. The van der Waals surface area contributed by atoms with Gasteiger partial charge in [-0.3, -0.25) is 9.59 Å². The lowest BCUT2D eigenvalue weighted by molar-refractivity contribution is -0.138. The molecule has 2 atom stereocenters. The van der Waals surface area contributed by atoms with E-state index < -0.39 is 0 Å². The molecule has 0 bridgehead atoms. The van der Waals surface area contributed by atoms with Gasteiger partial charge in [0.05, 0.1) is 12.2 Å². The highest BCUT2D eigenvalue weighted by atomic mass is 19.1. The molecule has 6 nitrogen and oxygen atoms in total. The number of carbonyl (C=O) groups excluding carboxylic acids is 2. The maximum absolute atomic E-state index is 13.2. The Morgan fingerprint density at radius 2 is 1.89 bits per heavy atom. The van der Waals surface area contributed by atoms with Gasteiger partial charge in [-0.2, -0.15) is 0 Å². The zero-order chi connectivity index (χ0) is 19.5. The number of piperidine rings is 1. The number of benzene rings is 1. The second kappa shape index (κ2) is 8.12. The maximum atomic E-state index is 13.2. The van der Waals surface area contributed by atoms with Gasteiger partial charge >= 0.3 is 0 Å². The fraction of sp³-hybridized carbons (Fsp3) is 0.476.